The first-order chi connectivity index (χ1) is 9.79. The van der Waals surface area contributed by atoms with E-state index in [1.54, 1.807) is 0 Å². The average Bonchev–Trinajstić information content (AvgIpc) is 2.37. The van der Waals surface area contributed by atoms with Gasteiger partial charge in [-0.3, -0.25) is 9.59 Å². The van der Waals surface area contributed by atoms with Gasteiger partial charge < -0.3 is 16.2 Å². The van der Waals surface area contributed by atoms with Crippen LogP contribution in [0.25, 0.3) is 0 Å². The number of carboxylic acids is 1. The zero-order valence-corrected chi connectivity index (χ0v) is 12.8. The first-order valence-electron chi connectivity index (χ1n) is 7.16. The highest BCUT2D eigenvalue weighted by atomic mass is 16.4. The van der Waals surface area contributed by atoms with Crippen LogP contribution in [-0.4, -0.2) is 23.0 Å². The fraction of sp³-hybridized carbons (Fsp3) is 0.500. The number of rotatable bonds is 7. The number of amides is 1. The molecule has 5 nitrogen and oxygen atoms in total. The third-order valence-corrected chi connectivity index (χ3v) is 3.54. The minimum absolute atomic E-state index is 0.0559. The maximum atomic E-state index is 12.1. The lowest BCUT2D eigenvalue weighted by Crippen LogP contribution is -2.40. The van der Waals surface area contributed by atoms with Gasteiger partial charge in [0.25, 0.3) is 0 Å². The number of hydrogen-bond donors (Lipinski definition) is 3. The fourth-order valence-corrected chi connectivity index (χ4v) is 2.13. The minimum Gasteiger partial charge on any atom is -0.481 e. The van der Waals surface area contributed by atoms with Crippen molar-refractivity contribution in [2.24, 2.45) is 5.92 Å². The van der Waals surface area contributed by atoms with E-state index in [0.29, 0.717) is 12.1 Å². The Morgan fingerprint density at radius 3 is 2.19 bits per heavy atom. The standard InChI is InChI=1S/C16H24N2O3/c1-10(2)14(9-16(20)21)18-15(19)8-11(3)12-4-6-13(17)7-5-12/h4-7,10-11,14H,8-9,17H2,1-3H3,(H,18,19)(H,20,21). The Labute approximate surface area is 125 Å². The molecule has 0 spiro atoms. The van der Waals surface area contributed by atoms with Crippen LogP contribution in [0.5, 0.6) is 0 Å². The van der Waals surface area contributed by atoms with Gasteiger partial charge in [0.15, 0.2) is 0 Å². The van der Waals surface area contributed by atoms with Gasteiger partial charge in [-0.1, -0.05) is 32.9 Å². The molecule has 5 heteroatoms. The largest absolute Gasteiger partial charge is 0.481 e. The van der Waals surface area contributed by atoms with E-state index >= 15 is 0 Å². The summed E-state index contributed by atoms with van der Waals surface area (Å²) >= 11 is 0. The van der Waals surface area contributed by atoms with Crippen molar-refractivity contribution in [3.05, 3.63) is 29.8 Å². The molecule has 0 radical (unpaired) electrons. The molecule has 0 bridgehead atoms. The molecule has 0 saturated heterocycles. The summed E-state index contributed by atoms with van der Waals surface area (Å²) in [6, 6.07) is 7.10. The van der Waals surface area contributed by atoms with Gasteiger partial charge in [0.05, 0.1) is 6.42 Å². The zero-order valence-electron chi connectivity index (χ0n) is 12.8. The monoisotopic (exact) mass is 292 g/mol. The van der Waals surface area contributed by atoms with Crippen molar-refractivity contribution in [3.63, 3.8) is 0 Å². The van der Waals surface area contributed by atoms with Gasteiger partial charge in [0, 0.05) is 18.2 Å². The first kappa shape index (κ1) is 17.0. The Bertz CT molecular complexity index is 483. The molecule has 0 aliphatic heterocycles. The van der Waals surface area contributed by atoms with E-state index in [4.69, 9.17) is 10.8 Å². The SMILES string of the molecule is CC(CC(=O)NC(CC(=O)O)C(C)C)c1ccc(N)cc1. The predicted molar refractivity (Wildman–Crippen MR) is 82.9 cm³/mol. The van der Waals surface area contributed by atoms with E-state index in [9.17, 15) is 9.59 Å². The topological polar surface area (TPSA) is 92.4 Å². The van der Waals surface area contributed by atoms with Gasteiger partial charge >= 0.3 is 5.97 Å². The van der Waals surface area contributed by atoms with Crippen molar-refractivity contribution in [2.75, 3.05) is 5.73 Å². The van der Waals surface area contributed by atoms with Gasteiger partial charge in [0.2, 0.25) is 5.91 Å². The summed E-state index contributed by atoms with van der Waals surface area (Å²) in [6.07, 6.45) is 0.270. The summed E-state index contributed by atoms with van der Waals surface area (Å²) in [7, 11) is 0. The highest BCUT2D eigenvalue weighted by Gasteiger charge is 2.20. The number of carbonyl (C=O) groups is 2. The quantitative estimate of drug-likeness (QED) is 0.673. The third-order valence-electron chi connectivity index (χ3n) is 3.54. The number of aliphatic carboxylic acids is 1. The number of hydrogen-bond acceptors (Lipinski definition) is 3. The first-order valence-corrected chi connectivity index (χ1v) is 7.16. The van der Waals surface area contributed by atoms with Crippen LogP contribution >= 0.6 is 0 Å². The van der Waals surface area contributed by atoms with E-state index in [0.717, 1.165) is 5.56 Å². The molecule has 1 amide bonds. The van der Waals surface area contributed by atoms with Crippen LogP contribution in [0.2, 0.25) is 0 Å². The Hall–Kier alpha value is -2.04. The smallest absolute Gasteiger partial charge is 0.305 e. The second-order valence-electron chi connectivity index (χ2n) is 5.79. The summed E-state index contributed by atoms with van der Waals surface area (Å²) in [6.45, 7) is 5.77. The number of carboxylic acid groups (broad SMARTS) is 1. The van der Waals surface area contributed by atoms with Gasteiger partial charge in [0.1, 0.15) is 0 Å². The van der Waals surface area contributed by atoms with E-state index in [1.165, 1.54) is 0 Å². The lowest BCUT2D eigenvalue weighted by molar-refractivity contribution is -0.138. The summed E-state index contributed by atoms with van der Waals surface area (Å²) in [5.41, 5.74) is 7.37. The number of carbonyl (C=O) groups excluding carboxylic acids is 1. The summed E-state index contributed by atoms with van der Waals surface area (Å²) < 4.78 is 0. The van der Waals surface area contributed by atoms with Crippen LogP contribution in [0.15, 0.2) is 24.3 Å². The number of nitrogens with two attached hydrogens (primary N) is 1. The van der Waals surface area contributed by atoms with Crippen LogP contribution in [0.3, 0.4) is 0 Å². The molecule has 2 atom stereocenters. The van der Waals surface area contributed by atoms with Crippen LogP contribution < -0.4 is 11.1 Å². The van der Waals surface area contributed by atoms with Crippen molar-refractivity contribution >= 4 is 17.6 Å². The maximum absolute atomic E-state index is 12.1. The number of anilines is 1. The molecule has 2 unspecified atom stereocenters. The molecule has 0 aliphatic rings. The summed E-state index contributed by atoms with van der Waals surface area (Å²) in [5.74, 6) is -0.889. The molecule has 0 aliphatic carbocycles. The lowest BCUT2D eigenvalue weighted by Gasteiger charge is -2.22. The van der Waals surface area contributed by atoms with Crippen LogP contribution in [0, 0.1) is 5.92 Å². The number of nitrogen functional groups attached to an aromatic ring is 1. The molecule has 1 aromatic carbocycles. The van der Waals surface area contributed by atoms with Crippen LogP contribution in [0.4, 0.5) is 5.69 Å². The minimum atomic E-state index is -0.902. The zero-order chi connectivity index (χ0) is 16.0. The van der Waals surface area contributed by atoms with E-state index in [1.807, 2.05) is 45.0 Å². The molecular formula is C16H24N2O3. The van der Waals surface area contributed by atoms with E-state index in [2.05, 4.69) is 5.32 Å². The predicted octanol–water partition coefficient (Wildman–Crippen LogP) is 2.38. The molecule has 1 rings (SSSR count). The summed E-state index contributed by atoms with van der Waals surface area (Å²) in [5, 5.41) is 11.7. The van der Waals surface area contributed by atoms with Gasteiger partial charge in [-0.05, 0) is 29.5 Å². The van der Waals surface area contributed by atoms with Gasteiger partial charge in [-0.15, -0.1) is 0 Å². The van der Waals surface area contributed by atoms with Crippen molar-refractivity contribution in [1.82, 2.24) is 5.32 Å². The highest BCUT2D eigenvalue weighted by molar-refractivity contribution is 5.78. The average molecular weight is 292 g/mol. The molecule has 0 heterocycles. The molecular weight excluding hydrogens is 268 g/mol. The molecule has 116 valence electrons. The Morgan fingerprint density at radius 1 is 1.14 bits per heavy atom. The molecule has 0 aromatic heterocycles. The van der Waals surface area contributed by atoms with Crippen molar-refractivity contribution in [1.29, 1.82) is 0 Å². The molecule has 1 aromatic rings. The lowest BCUT2D eigenvalue weighted by atomic mass is 9.96. The second-order valence-corrected chi connectivity index (χ2v) is 5.79. The fourth-order valence-electron chi connectivity index (χ4n) is 2.13. The Kier molecular flexibility index (Phi) is 6.21. The van der Waals surface area contributed by atoms with E-state index < -0.39 is 5.97 Å². The third kappa shape index (κ3) is 5.85. The molecule has 4 N–H and O–H groups in total. The highest BCUT2D eigenvalue weighted by Crippen LogP contribution is 2.20. The Morgan fingerprint density at radius 2 is 1.71 bits per heavy atom. The van der Waals surface area contributed by atoms with E-state index in [-0.39, 0.29) is 30.2 Å². The van der Waals surface area contributed by atoms with Crippen molar-refractivity contribution in [2.45, 2.75) is 45.6 Å². The van der Waals surface area contributed by atoms with Gasteiger partial charge in [-0.25, -0.2) is 0 Å². The number of benzene rings is 1. The summed E-state index contributed by atoms with van der Waals surface area (Å²) in [4.78, 5) is 22.9. The maximum Gasteiger partial charge on any atom is 0.305 e. The van der Waals surface area contributed by atoms with Crippen LogP contribution in [-0.2, 0) is 9.59 Å². The molecule has 21 heavy (non-hydrogen) atoms. The normalized spacial score (nSPS) is 13.7. The van der Waals surface area contributed by atoms with Crippen LogP contribution in [0.1, 0.15) is 45.1 Å². The molecule has 0 saturated carbocycles. The molecule has 0 fully saturated rings. The second kappa shape index (κ2) is 7.67. The van der Waals surface area contributed by atoms with Gasteiger partial charge in [-0.2, -0.15) is 0 Å². The van der Waals surface area contributed by atoms with Crippen molar-refractivity contribution < 1.29 is 14.7 Å². The number of nitrogens with one attached hydrogen (secondary N) is 1. The Balaban J connectivity index is 2.58. The van der Waals surface area contributed by atoms with Crippen molar-refractivity contribution in [3.8, 4) is 0 Å².